The summed E-state index contributed by atoms with van der Waals surface area (Å²) in [5.41, 5.74) is -0.314. The molecule has 1 saturated heterocycles. The van der Waals surface area contributed by atoms with Crippen LogP contribution in [0.1, 0.15) is 37.0 Å². The van der Waals surface area contributed by atoms with Crippen LogP contribution >= 0.6 is 0 Å². The van der Waals surface area contributed by atoms with Crippen LogP contribution in [0.3, 0.4) is 0 Å². The number of anilines is 1. The quantitative estimate of drug-likeness (QED) is 0.878. The first kappa shape index (κ1) is 12.8. The maximum absolute atomic E-state index is 14.1. The summed E-state index contributed by atoms with van der Waals surface area (Å²) in [5.74, 6) is -1.21. The van der Waals surface area contributed by atoms with Gasteiger partial charge in [-0.25, -0.2) is 14.2 Å². The molecule has 0 amide bonds. The molecule has 1 N–H and O–H groups in total. The summed E-state index contributed by atoms with van der Waals surface area (Å²) in [6, 6.07) is 1.37. The summed E-state index contributed by atoms with van der Waals surface area (Å²) in [5, 5.41) is 8.91. The molecule has 18 heavy (non-hydrogen) atoms. The van der Waals surface area contributed by atoms with E-state index in [2.05, 4.69) is 11.9 Å². The van der Waals surface area contributed by atoms with Crippen LogP contribution in [0.25, 0.3) is 0 Å². The number of pyridine rings is 1. The van der Waals surface area contributed by atoms with E-state index in [1.165, 1.54) is 12.3 Å². The Hall–Kier alpha value is -1.65. The molecule has 0 saturated carbocycles. The van der Waals surface area contributed by atoms with Crippen molar-refractivity contribution < 1.29 is 14.3 Å². The Balaban J connectivity index is 2.33. The minimum atomic E-state index is -1.26. The van der Waals surface area contributed by atoms with Crippen LogP contribution in [0.2, 0.25) is 0 Å². The number of nitrogens with zero attached hydrogens (tertiary/aromatic N) is 2. The van der Waals surface area contributed by atoms with Crippen LogP contribution in [0.5, 0.6) is 0 Å². The number of aromatic nitrogens is 1. The van der Waals surface area contributed by atoms with Crippen molar-refractivity contribution in [1.82, 2.24) is 4.98 Å². The van der Waals surface area contributed by atoms with Crippen LogP contribution < -0.4 is 4.90 Å². The van der Waals surface area contributed by atoms with Crippen molar-refractivity contribution in [3.63, 3.8) is 0 Å². The van der Waals surface area contributed by atoms with Crippen LogP contribution in [0.4, 0.5) is 10.2 Å². The monoisotopic (exact) mass is 252 g/mol. The molecule has 1 aliphatic heterocycles. The molecule has 2 heterocycles. The number of aromatic carboxylic acids is 1. The maximum Gasteiger partial charge on any atom is 0.338 e. The van der Waals surface area contributed by atoms with E-state index in [0.717, 1.165) is 19.4 Å². The van der Waals surface area contributed by atoms with Gasteiger partial charge in [0.1, 0.15) is 5.56 Å². The fourth-order valence-corrected chi connectivity index (χ4v) is 2.52. The zero-order valence-corrected chi connectivity index (χ0v) is 10.6. The Morgan fingerprint density at radius 1 is 1.56 bits per heavy atom. The van der Waals surface area contributed by atoms with Gasteiger partial charge in [0.05, 0.1) is 0 Å². The van der Waals surface area contributed by atoms with E-state index in [-0.39, 0.29) is 17.4 Å². The molecule has 0 bridgehead atoms. The third kappa shape index (κ3) is 2.30. The molecule has 0 spiro atoms. The van der Waals surface area contributed by atoms with Gasteiger partial charge in [0.2, 0.25) is 0 Å². The smallest absolute Gasteiger partial charge is 0.338 e. The lowest BCUT2D eigenvalue weighted by Crippen LogP contribution is -2.41. The fourth-order valence-electron chi connectivity index (χ4n) is 2.52. The number of rotatable bonds is 2. The van der Waals surface area contributed by atoms with E-state index in [1.54, 1.807) is 0 Å². The molecular weight excluding hydrogens is 235 g/mol. The third-order valence-electron chi connectivity index (χ3n) is 3.51. The molecule has 98 valence electrons. The first-order valence-corrected chi connectivity index (χ1v) is 6.15. The average Bonchev–Trinajstić information content (AvgIpc) is 2.30. The fraction of sp³-hybridized carbons (Fsp3) is 0.538. The highest BCUT2D eigenvalue weighted by Crippen LogP contribution is 2.29. The standard InChI is InChI=1S/C13H17FN2O2/c1-8-4-6-16(9(2)7-8)12-11(14)10(13(17)18)3-5-15-12/h3,5,8-9H,4,6-7H2,1-2H3,(H,17,18). The predicted molar refractivity (Wildman–Crippen MR) is 66.4 cm³/mol. The molecule has 2 rings (SSSR count). The van der Waals surface area contributed by atoms with Crippen molar-refractivity contribution in [2.75, 3.05) is 11.4 Å². The number of halogens is 1. The average molecular weight is 252 g/mol. The van der Waals surface area contributed by atoms with Gasteiger partial charge in [-0.3, -0.25) is 0 Å². The van der Waals surface area contributed by atoms with Gasteiger partial charge in [-0.2, -0.15) is 0 Å². The second-order valence-corrected chi connectivity index (χ2v) is 4.97. The zero-order chi connectivity index (χ0) is 13.3. The van der Waals surface area contributed by atoms with Crippen molar-refractivity contribution in [2.24, 2.45) is 5.92 Å². The van der Waals surface area contributed by atoms with E-state index in [9.17, 15) is 9.18 Å². The van der Waals surface area contributed by atoms with Crippen molar-refractivity contribution in [3.05, 3.63) is 23.6 Å². The molecule has 1 aromatic heterocycles. The summed E-state index contributed by atoms with van der Waals surface area (Å²) >= 11 is 0. The van der Waals surface area contributed by atoms with Gasteiger partial charge in [0, 0.05) is 18.8 Å². The SMILES string of the molecule is CC1CCN(c2nccc(C(=O)O)c2F)C(C)C1. The van der Waals surface area contributed by atoms with Crippen molar-refractivity contribution in [2.45, 2.75) is 32.7 Å². The first-order valence-electron chi connectivity index (χ1n) is 6.15. The summed E-state index contributed by atoms with van der Waals surface area (Å²) in [6.07, 6.45) is 3.30. The number of piperidine rings is 1. The topological polar surface area (TPSA) is 53.4 Å². The number of carboxylic acids is 1. The number of hydrogen-bond donors (Lipinski definition) is 1. The highest BCUT2D eigenvalue weighted by atomic mass is 19.1. The second-order valence-electron chi connectivity index (χ2n) is 4.97. The highest BCUT2D eigenvalue weighted by molar-refractivity contribution is 5.88. The number of carbonyl (C=O) groups is 1. The minimum Gasteiger partial charge on any atom is -0.478 e. The predicted octanol–water partition coefficient (Wildman–Crippen LogP) is 2.54. The summed E-state index contributed by atoms with van der Waals surface area (Å²) < 4.78 is 14.1. The maximum atomic E-state index is 14.1. The lowest BCUT2D eigenvalue weighted by Gasteiger charge is -2.37. The van der Waals surface area contributed by atoms with Crippen molar-refractivity contribution in [1.29, 1.82) is 0 Å². The largest absolute Gasteiger partial charge is 0.478 e. The Morgan fingerprint density at radius 3 is 2.89 bits per heavy atom. The molecule has 2 atom stereocenters. The highest BCUT2D eigenvalue weighted by Gasteiger charge is 2.27. The van der Waals surface area contributed by atoms with Gasteiger partial charge >= 0.3 is 5.97 Å². The van der Waals surface area contributed by atoms with E-state index < -0.39 is 11.8 Å². The van der Waals surface area contributed by atoms with Gasteiger partial charge in [-0.1, -0.05) is 6.92 Å². The van der Waals surface area contributed by atoms with Crippen LogP contribution in [0.15, 0.2) is 12.3 Å². The van der Waals surface area contributed by atoms with E-state index >= 15 is 0 Å². The lowest BCUT2D eigenvalue weighted by molar-refractivity contribution is 0.0691. The second kappa shape index (κ2) is 4.92. The molecular formula is C13H17FN2O2. The Kier molecular flexibility index (Phi) is 3.50. The molecule has 0 aromatic carbocycles. The number of hydrogen-bond acceptors (Lipinski definition) is 3. The molecule has 4 nitrogen and oxygen atoms in total. The van der Waals surface area contributed by atoms with Crippen LogP contribution in [-0.4, -0.2) is 28.6 Å². The van der Waals surface area contributed by atoms with Gasteiger partial charge in [0.15, 0.2) is 11.6 Å². The molecule has 2 unspecified atom stereocenters. The van der Waals surface area contributed by atoms with E-state index in [4.69, 9.17) is 5.11 Å². The Bertz CT molecular complexity index is 464. The van der Waals surface area contributed by atoms with Crippen LogP contribution in [0, 0.1) is 11.7 Å². The molecule has 0 radical (unpaired) electrons. The first-order chi connectivity index (χ1) is 8.50. The normalized spacial score (nSPS) is 24.1. The van der Waals surface area contributed by atoms with Gasteiger partial charge in [-0.05, 0) is 31.7 Å². The van der Waals surface area contributed by atoms with Crippen molar-refractivity contribution >= 4 is 11.8 Å². The van der Waals surface area contributed by atoms with Crippen LogP contribution in [-0.2, 0) is 0 Å². The minimum absolute atomic E-state index is 0.161. The molecule has 1 aromatic rings. The summed E-state index contributed by atoms with van der Waals surface area (Å²) in [6.45, 7) is 4.91. The van der Waals surface area contributed by atoms with Crippen molar-refractivity contribution in [3.8, 4) is 0 Å². The Labute approximate surface area is 105 Å². The van der Waals surface area contributed by atoms with Gasteiger partial charge in [-0.15, -0.1) is 0 Å². The molecule has 0 aliphatic carbocycles. The lowest BCUT2D eigenvalue weighted by atomic mass is 9.93. The summed E-state index contributed by atoms with van der Waals surface area (Å²) in [4.78, 5) is 16.8. The zero-order valence-electron chi connectivity index (χ0n) is 10.6. The van der Waals surface area contributed by atoms with E-state index in [1.807, 2.05) is 11.8 Å². The van der Waals surface area contributed by atoms with E-state index in [0.29, 0.717) is 5.92 Å². The number of carboxylic acid groups (broad SMARTS) is 1. The molecule has 5 heteroatoms. The molecule has 1 aliphatic rings. The Morgan fingerprint density at radius 2 is 2.28 bits per heavy atom. The third-order valence-corrected chi connectivity index (χ3v) is 3.51. The van der Waals surface area contributed by atoms with Gasteiger partial charge < -0.3 is 10.0 Å². The van der Waals surface area contributed by atoms with Gasteiger partial charge in [0.25, 0.3) is 0 Å². The summed E-state index contributed by atoms with van der Waals surface area (Å²) in [7, 11) is 0. The molecule has 1 fully saturated rings.